The third kappa shape index (κ3) is 4.76. The van der Waals surface area contributed by atoms with E-state index in [9.17, 15) is 19.0 Å². The van der Waals surface area contributed by atoms with Crippen LogP contribution in [0.25, 0.3) is 0 Å². The van der Waals surface area contributed by atoms with Crippen molar-refractivity contribution in [3.05, 3.63) is 0 Å². The second-order valence-electron chi connectivity index (χ2n) is 9.50. The van der Waals surface area contributed by atoms with Gasteiger partial charge in [0, 0.05) is 18.5 Å². The summed E-state index contributed by atoms with van der Waals surface area (Å²) in [5, 5.41) is 32.3. The summed E-state index contributed by atoms with van der Waals surface area (Å²) in [4.78, 5) is 0. The van der Waals surface area contributed by atoms with E-state index in [0.29, 0.717) is 24.9 Å². The van der Waals surface area contributed by atoms with Crippen LogP contribution in [0.1, 0.15) is 58.8 Å². The summed E-state index contributed by atoms with van der Waals surface area (Å²) in [6, 6.07) is 0. The molecule has 9 heteroatoms. The van der Waals surface area contributed by atoms with Crippen LogP contribution in [-0.4, -0.2) is 51.1 Å². The summed E-state index contributed by atoms with van der Waals surface area (Å²) in [7, 11) is 0. The van der Waals surface area contributed by atoms with Gasteiger partial charge in [0.25, 0.3) is 5.92 Å². The first-order chi connectivity index (χ1) is 12.5. The summed E-state index contributed by atoms with van der Waals surface area (Å²) in [5.74, 6) is -2.21. The lowest BCUT2D eigenvalue weighted by Crippen LogP contribution is -2.57. The average Bonchev–Trinajstić information content (AvgIpc) is 2.49. The first-order valence-electron chi connectivity index (χ1n) is 9.50. The second kappa shape index (κ2) is 7.66. The van der Waals surface area contributed by atoms with Gasteiger partial charge in [0.2, 0.25) is 0 Å². The highest BCUT2D eigenvalue weighted by molar-refractivity contribution is 7.96. The van der Waals surface area contributed by atoms with Crippen LogP contribution in [-0.2, 0) is 14.1 Å². The van der Waals surface area contributed by atoms with Crippen molar-refractivity contribution in [2.75, 3.05) is 13.2 Å². The smallest absolute Gasteiger partial charge is 0.266 e. The van der Waals surface area contributed by atoms with E-state index in [1.807, 2.05) is 0 Å². The highest BCUT2D eigenvalue weighted by atomic mass is 32.2. The molecule has 27 heavy (non-hydrogen) atoms. The number of aliphatic hydroxyl groups excluding tert-OH is 1. The first-order valence-corrected chi connectivity index (χ1v) is 10.2. The van der Waals surface area contributed by atoms with Crippen LogP contribution in [0.4, 0.5) is 8.78 Å². The van der Waals surface area contributed by atoms with Crippen molar-refractivity contribution >= 4 is 12.0 Å². The molecule has 0 aromatic carbocycles. The lowest BCUT2D eigenvalue weighted by Gasteiger charge is -2.60. The van der Waals surface area contributed by atoms with E-state index in [0.717, 1.165) is 25.7 Å². The largest absolute Gasteiger partial charge is 0.390 e. The van der Waals surface area contributed by atoms with E-state index in [-0.39, 0.29) is 24.1 Å². The zero-order valence-electron chi connectivity index (χ0n) is 15.8. The van der Waals surface area contributed by atoms with Gasteiger partial charge in [0.15, 0.2) is 0 Å². The van der Waals surface area contributed by atoms with E-state index in [1.54, 1.807) is 0 Å². The highest BCUT2D eigenvalue weighted by Crippen LogP contribution is 2.61. The van der Waals surface area contributed by atoms with Gasteiger partial charge in [0.1, 0.15) is 4.75 Å². The monoisotopic (exact) mass is 412 g/mol. The van der Waals surface area contributed by atoms with Gasteiger partial charge in [-0.05, 0) is 69.6 Å². The molecule has 4 bridgehead atoms. The van der Waals surface area contributed by atoms with Gasteiger partial charge in [-0.25, -0.2) is 14.0 Å². The van der Waals surface area contributed by atoms with Crippen molar-refractivity contribution in [1.82, 2.24) is 0 Å². The fourth-order valence-corrected chi connectivity index (χ4v) is 6.15. The molecule has 0 saturated heterocycles. The Morgan fingerprint density at radius 2 is 1.81 bits per heavy atom. The van der Waals surface area contributed by atoms with Crippen LogP contribution in [0.15, 0.2) is 0 Å². The van der Waals surface area contributed by atoms with Crippen LogP contribution < -0.4 is 0 Å². The molecule has 158 valence electrons. The van der Waals surface area contributed by atoms with Crippen molar-refractivity contribution in [3.8, 4) is 0 Å². The fourth-order valence-electron chi connectivity index (χ4n) is 5.74. The Bertz CT molecular complexity index is 518. The summed E-state index contributed by atoms with van der Waals surface area (Å²) in [5.41, 5.74) is -0.669. The van der Waals surface area contributed by atoms with Gasteiger partial charge < -0.3 is 14.9 Å². The molecule has 0 spiro atoms. The Morgan fingerprint density at radius 1 is 1.19 bits per heavy atom. The zero-order chi connectivity index (χ0) is 19.9. The fraction of sp³-hybridized carbons (Fsp3) is 1.00. The minimum Gasteiger partial charge on any atom is -0.390 e. The summed E-state index contributed by atoms with van der Waals surface area (Å²) in [6.07, 6.45) is 3.53. The molecule has 0 heterocycles. The summed E-state index contributed by atoms with van der Waals surface area (Å²) in [6.45, 7) is 2.69. The minimum absolute atomic E-state index is 0.0809. The number of aliphatic hydroxyl groups is 2. The molecule has 0 aliphatic heterocycles. The lowest BCUT2D eigenvalue weighted by molar-refractivity contribution is -0.433. The molecule has 4 fully saturated rings. The molecule has 6 nitrogen and oxygen atoms in total. The second-order valence-corrected chi connectivity index (χ2v) is 10.8. The van der Waals surface area contributed by atoms with E-state index < -0.39 is 28.8 Å². The van der Waals surface area contributed by atoms with Gasteiger partial charge in [-0.15, -0.1) is 4.33 Å². The number of hydrogen-bond acceptors (Lipinski definition) is 7. The molecule has 3 unspecified atom stereocenters. The maximum atomic E-state index is 14.4. The van der Waals surface area contributed by atoms with Crippen LogP contribution >= 0.6 is 12.0 Å². The van der Waals surface area contributed by atoms with E-state index in [2.05, 4.69) is 9.37 Å². The van der Waals surface area contributed by atoms with Crippen molar-refractivity contribution in [2.24, 2.45) is 17.3 Å². The maximum absolute atomic E-state index is 14.4. The quantitative estimate of drug-likeness (QED) is 0.287. The Kier molecular flexibility index (Phi) is 6.15. The molecule has 4 saturated carbocycles. The van der Waals surface area contributed by atoms with Crippen molar-refractivity contribution in [1.29, 1.82) is 0 Å². The number of hydrogen-bond donors (Lipinski definition) is 3. The zero-order valence-corrected chi connectivity index (χ0v) is 16.6. The number of ether oxygens (including phenoxy) is 1. The molecule has 0 radical (unpaired) electrons. The minimum atomic E-state index is -3.27. The Labute approximate surface area is 162 Å². The molecular formula is C18H30F2O6S. The van der Waals surface area contributed by atoms with Gasteiger partial charge in [-0.3, -0.25) is 0 Å². The summed E-state index contributed by atoms with van der Waals surface area (Å²) < 4.78 is 36.9. The van der Waals surface area contributed by atoms with Crippen LogP contribution in [0, 0.1) is 17.3 Å². The summed E-state index contributed by atoms with van der Waals surface area (Å²) >= 11 is 0.288. The standard InChI is InChI=1S/C18H30F2O6S/c1-15(2,27-26-25-23)18(19,20)8-14(21)9-24-11-16-4-12-3-13(5-16)7-17(22,6-12)10-16/h12-14,21-23H,3-11H2,1-2H3. The number of rotatable bonds is 10. The highest BCUT2D eigenvalue weighted by Gasteiger charge is 2.57. The van der Waals surface area contributed by atoms with Crippen LogP contribution in [0.5, 0.6) is 0 Å². The van der Waals surface area contributed by atoms with Crippen molar-refractivity contribution in [2.45, 2.75) is 81.2 Å². The molecule has 4 aliphatic carbocycles. The molecule has 3 N–H and O–H groups in total. The topological polar surface area (TPSA) is 88.4 Å². The van der Waals surface area contributed by atoms with E-state index in [1.165, 1.54) is 20.3 Å². The van der Waals surface area contributed by atoms with E-state index in [4.69, 9.17) is 9.99 Å². The van der Waals surface area contributed by atoms with Gasteiger partial charge >= 0.3 is 0 Å². The lowest BCUT2D eigenvalue weighted by atomic mass is 9.48. The normalized spacial score (nSPS) is 37.0. The Hall–Kier alpha value is -0.0300. The SMILES string of the molecule is CC(C)(SOOO)C(F)(F)CC(O)COCC12CC3CC(CC(O)(C3)C1)C2. The van der Waals surface area contributed by atoms with Gasteiger partial charge in [0.05, 0.1) is 24.9 Å². The Balaban J connectivity index is 1.48. The Morgan fingerprint density at radius 3 is 2.37 bits per heavy atom. The molecule has 0 aromatic rings. The molecule has 0 amide bonds. The van der Waals surface area contributed by atoms with Crippen LogP contribution in [0.2, 0.25) is 0 Å². The van der Waals surface area contributed by atoms with Crippen LogP contribution in [0.3, 0.4) is 0 Å². The van der Waals surface area contributed by atoms with Gasteiger partial charge in [-0.2, -0.15) is 0 Å². The van der Waals surface area contributed by atoms with Crippen molar-refractivity contribution < 1.29 is 38.4 Å². The average molecular weight is 412 g/mol. The predicted molar refractivity (Wildman–Crippen MR) is 94.9 cm³/mol. The molecular weight excluding hydrogens is 382 g/mol. The number of alkyl halides is 2. The van der Waals surface area contributed by atoms with Crippen molar-refractivity contribution in [3.63, 3.8) is 0 Å². The third-order valence-electron chi connectivity index (χ3n) is 6.52. The molecule has 0 aromatic heterocycles. The van der Waals surface area contributed by atoms with E-state index >= 15 is 0 Å². The molecule has 3 atom stereocenters. The first kappa shape index (κ1) is 21.7. The maximum Gasteiger partial charge on any atom is 0.266 e. The predicted octanol–water partition coefficient (Wildman–Crippen LogP) is 3.57. The molecule has 4 rings (SSSR count). The molecule has 4 aliphatic rings. The number of halogens is 2. The van der Waals surface area contributed by atoms with Gasteiger partial charge in [-0.1, -0.05) is 5.04 Å². The third-order valence-corrected chi connectivity index (χ3v) is 7.36.